The van der Waals surface area contributed by atoms with Crippen molar-refractivity contribution in [1.29, 1.82) is 0 Å². The second-order valence-electron chi connectivity index (χ2n) is 4.65. The summed E-state index contributed by atoms with van der Waals surface area (Å²) in [7, 11) is 0. The number of rotatable bonds is 4. The minimum absolute atomic E-state index is 0.113. The van der Waals surface area contributed by atoms with Gasteiger partial charge in [-0.1, -0.05) is 25.1 Å². The molecule has 0 aliphatic heterocycles. The van der Waals surface area contributed by atoms with Crippen LogP contribution >= 0.6 is 0 Å². The van der Waals surface area contributed by atoms with E-state index >= 15 is 0 Å². The molecule has 0 radical (unpaired) electrons. The summed E-state index contributed by atoms with van der Waals surface area (Å²) in [6.45, 7) is 7.47. The molecular formula is C14H20O2. The fourth-order valence-electron chi connectivity index (χ4n) is 1.49. The van der Waals surface area contributed by atoms with Crippen LogP contribution in [0.15, 0.2) is 18.2 Å². The number of benzene rings is 1. The molecule has 0 amide bonds. The molecule has 1 aromatic carbocycles. The number of carbonyl (C=O) groups is 1. The molecule has 1 aromatic rings. The molecule has 1 atom stereocenters. The summed E-state index contributed by atoms with van der Waals surface area (Å²) in [5.41, 5.74) is 2.18. The zero-order valence-electron chi connectivity index (χ0n) is 10.5. The van der Waals surface area contributed by atoms with Crippen LogP contribution in [0.3, 0.4) is 0 Å². The van der Waals surface area contributed by atoms with Crippen molar-refractivity contribution in [1.82, 2.24) is 0 Å². The van der Waals surface area contributed by atoms with Gasteiger partial charge in [-0.25, -0.2) is 0 Å². The lowest BCUT2D eigenvalue weighted by Gasteiger charge is -2.19. The lowest BCUT2D eigenvalue weighted by Crippen LogP contribution is -2.35. The highest BCUT2D eigenvalue weighted by Crippen LogP contribution is 2.16. The number of aliphatic hydroxyl groups is 1. The summed E-state index contributed by atoms with van der Waals surface area (Å²) in [4.78, 5) is 11.8. The van der Waals surface area contributed by atoms with Crippen LogP contribution in [0.25, 0.3) is 0 Å². The summed E-state index contributed by atoms with van der Waals surface area (Å²) in [6.07, 6.45) is 0.763. The Morgan fingerprint density at radius 2 is 1.94 bits per heavy atom. The van der Waals surface area contributed by atoms with Crippen LogP contribution in [0.1, 0.15) is 37.0 Å². The maximum Gasteiger partial charge on any atom is 0.168 e. The van der Waals surface area contributed by atoms with Gasteiger partial charge in [-0.2, -0.15) is 0 Å². The number of hydrogen-bond acceptors (Lipinski definition) is 2. The Labute approximate surface area is 97.3 Å². The Morgan fingerprint density at radius 3 is 2.44 bits per heavy atom. The molecule has 88 valence electrons. The van der Waals surface area contributed by atoms with Crippen LogP contribution < -0.4 is 0 Å². The second kappa shape index (κ2) is 4.79. The smallest absolute Gasteiger partial charge is 0.168 e. The van der Waals surface area contributed by atoms with E-state index < -0.39 is 5.60 Å². The van der Waals surface area contributed by atoms with E-state index in [4.69, 9.17) is 0 Å². The standard InChI is InChI=1S/C14H20O2/c1-5-14(4,16)13(15)9-12-7-6-10(2)11(3)8-12/h6-8,16H,5,9H2,1-4H3. The van der Waals surface area contributed by atoms with Gasteiger partial charge < -0.3 is 5.11 Å². The molecule has 1 N–H and O–H groups in total. The van der Waals surface area contributed by atoms with Crippen molar-refractivity contribution < 1.29 is 9.90 Å². The molecule has 0 aliphatic carbocycles. The van der Waals surface area contributed by atoms with Gasteiger partial charge in [0.25, 0.3) is 0 Å². The zero-order valence-corrected chi connectivity index (χ0v) is 10.5. The first-order valence-electron chi connectivity index (χ1n) is 5.68. The molecule has 1 rings (SSSR count). The predicted octanol–water partition coefficient (Wildman–Crippen LogP) is 2.58. The van der Waals surface area contributed by atoms with Gasteiger partial charge in [-0.05, 0) is 43.9 Å². The molecule has 0 bridgehead atoms. The van der Waals surface area contributed by atoms with Crippen LogP contribution in [0.4, 0.5) is 0 Å². The Hall–Kier alpha value is -1.15. The largest absolute Gasteiger partial charge is 0.382 e. The molecule has 2 nitrogen and oxygen atoms in total. The Balaban J connectivity index is 2.82. The molecule has 0 saturated carbocycles. The average Bonchev–Trinajstić information content (AvgIpc) is 2.23. The first-order valence-corrected chi connectivity index (χ1v) is 5.68. The monoisotopic (exact) mass is 220 g/mol. The number of ketones is 1. The molecule has 2 heteroatoms. The van der Waals surface area contributed by atoms with E-state index in [9.17, 15) is 9.90 Å². The highest BCUT2D eigenvalue weighted by molar-refractivity contribution is 5.88. The first-order chi connectivity index (χ1) is 7.36. The SMILES string of the molecule is CCC(C)(O)C(=O)Cc1ccc(C)c(C)c1. The van der Waals surface area contributed by atoms with E-state index in [0.29, 0.717) is 12.8 Å². The van der Waals surface area contributed by atoms with Crippen molar-refractivity contribution in [2.24, 2.45) is 0 Å². The van der Waals surface area contributed by atoms with E-state index in [1.54, 1.807) is 6.92 Å². The van der Waals surface area contributed by atoms with Gasteiger partial charge in [-0.15, -0.1) is 0 Å². The minimum atomic E-state index is -1.20. The summed E-state index contributed by atoms with van der Waals surface area (Å²) in [6, 6.07) is 5.98. The van der Waals surface area contributed by atoms with Crippen molar-refractivity contribution >= 4 is 5.78 Å². The van der Waals surface area contributed by atoms with Gasteiger partial charge in [-0.3, -0.25) is 4.79 Å². The zero-order chi connectivity index (χ0) is 12.3. The third-order valence-corrected chi connectivity index (χ3v) is 3.23. The fourth-order valence-corrected chi connectivity index (χ4v) is 1.49. The number of Topliss-reactive ketones (excluding diaryl/α,β-unsaturated/α-hetero) is 1. The number of hydrogen-bond donors (Lipinski definition) is 1. The lowest BCUT2D eigenvalue weighted by atomic mass is 9.92. The molecule has 16 heavy (non-hydrogen) atoms. The van der Waals surface area contributed by atoms with Gasteiger partial charge in [0.15, 0.2) is 5.78 Å². The highest BCUT2D eigenvalue weighted by atomic mass is 16.3. The molecule has 0 spiro atoms. The molecule has 0 heterocycles. The van der Waals surface area contributed by atoms with Crippen molar-refractivity contribution in [3.8, 4) is 0 Å². The Kier molecular flexibility index (Phi) is 3.87. The van der Waals surface area contributed by atoms with Crippen LogP contribution in [0, 0.1) is 13.8 Å². The molecule has 0 aromatic heterocycles. The summed E-state index contributed by atoms with van der Waals surface area (Å²) in [5.74, 6) is -0.113. The molecular weight excluding hydrogens is 200 g/mol. The molecule has 0 fully saturated rings. The maximum atomic E-state index is 11.8. The van der Waals surface area contributed by atoms with Crippen LogP contribution in [0.2, 0.25) is 0 Å². The maximum absolute atomic E-state index is 11.8. The second-order valence-corrected chi connectivity index (χ2v) is 4.65. The van der Waals surface area contributed by atoms with E-state index in [-0.39, 0.29) is 5.78 Å². The summed E-state index contributed by atoms with van der Waals surface area (Å²) in [5, 5.41) is 9.83. The van der Waals surface area contributed by atoms with Gasteiger partial charge in [0.2, 0.25) is 0 Å². The quantitative estimate of drug-likeness (QED) is 0.846. The third kappa shape index (κ3) is 2.92. The normalized spacial score (nSPS) is 14.6. The predicted molar refractivity (Wildman–Crippen MR) is 65.5 cm³/mol. The van der Waals surface area contributed by atoms with Crippen molar-refractivity contribution in [2.45, 2.75) is 46.1 Å². The van der Waals surface area contributed by atoms with E-state index in [1.165, 1.54) is 11.1 Å². The Bertz CT molecular complexity index is 392. The van der Waals surface area contributed by atoms with Crippen LogP contribution in [-0.4, -0.2) is 16.5 Å². The van der Waals surface area contributed by atoms with Crippen LogP contribution in [-0.2, 0) is 11.2 Å². The van der Waals surface area contributed by atoms with Crippen molar-refractivity contribution in [2.75, 3.05) is 0 Å². The number of aryl methyl sites for hydroxylation is 2. The molecule has 0 saturated heterocycles. The Morgan fingerprint density at radius 1 is 1.31 bits per heavy atom. The molecule has 1 unspecified atom stereocenters. The van der Waals surface area contributed by atoms with Crippen molar-refractivity contribution in [3.63, 3.8) is 0 Å². The lowest BCUT2D eigenvalue weighted by molar-refractivity contribution is -0.135. The topological polar surface area (TPSA) is 37.3 Å². The fraction of sp³-hybridized carbons (Fsp3) is 0.500. The average molecular weight is 220 g/mol. The van der Waals surface area contributed by atoms with Gasteiger partial charge in [0.05, 0.1) is 0 Å². The molecule has 0 aliphatic rings. The van der Waals surface area contributed by atoms with Gasteiger partial charge >= 0.3 is 0 Å². The minimum Gasteiger partial charge on any atom is -0.382 e. The first kappa shape index (κ1) is 12.9. The van der Waals surface area contributed by atoms with E-state index in [2.05, 4.69) is 0 Å². The highest BCUT2D eigenvalue weighted by Gasteiger charge is 2.27. The van der Waals surface area contributed by atoms with Gasteiger partial charge in [0, 0.05) is 6.42 Å². The van der Waals surface area contributed by atoms with Crippen molar-refractivity contribution in [3.05, 3.63) is 34.9 Å². The van der Waals surface area contributed by atoms with Crippen LogP contribution in [0.5, 0.6) is 0 Å². The van der Waals surface area contributed by atoms with E-state index in [0.717, 1.165) is 5.56 Å². The van der Waals surface area contributed by atoms with Gasteiger partial charge in [0.1, 0.15) is 5.60 Å². The third-order valence-electron chi connectivity index (χ3n) is 3.23. The summed E-state index contributed by atoms with van der Waals surface area (Å²) >= 11 is 0. The summed E-state index contributed by atoms with van der Waals surface area (Å²) < 4.78 is 0. The number of carbonyl (C=O) groups excluding carboxylic acids is 1. The van der Waals surface area contributed by atoms with E-state index in [1.807, 2.05) is 39.0 Å².